The van der Waals surface area contributed by atoms with Gasteiger partial charge in [-0.2, -0.15) is 22.7 Å². The highest BCUT2D eigenvalue weighted by atomic mass is 79.9. The van der Waals surface area contributed by atoms with Gasteiger partial charge in [0, 0.05) is 34.9 Å². The van der Waals surface area contributed by atoms with Crippen LogP contribution < -0.4 is 10.6 Å². The van der Waals surface area contributed by atoms with Gasteiger partial charge in [-0.15, -0.1) is 5.10 Å². The number of rotatable bonds is 5. The summed E-state index contributed by atoms with van der Waals surface area (Å²) in [6.45, 7) is 2.18. The summed E-state index contributed by atoms with van der Waals surface area (Å²) in [7, 11) is 0. The van der Waals surface area contributed by atoms with Crippen LogP contribution in [0.5, 0.6) is 0 Å². The van der Waals surface area contributed by atoms with Crippen LogP contribution in [0, 0.1) is 6.92 Å². The molecule has 2 heterocycles. The largest absolute Gasteiger partial charge is 0.453 e. The number of carbonyl (C=O) groups excluding carboxylic acids is 1. The number of aromatic nitrogens is 4. The maximum atomic E-state index is 12.8. The lowest BCUT2D eigenvalue weighted by molar-refractivity contribution is -0.144. The predicted octanol–water partition coefficient (Wildman–Crippen LogP) is 3.06. The Kier molecular flexibility index (Phi) is 5.31. The zero-order valence-electron chi connectivity index (χ0n) is 14.0. The molecule has 0 saturated carbocycles. The second-order valence-corrected chi connectivity index (χ2v) is 6.53. The van der Waals surface area contributed by atoms with Crippen molar-refractivity contribution in [2.45, 2.75) is 13.1 Å². The van der Waals surface area contributed by atoms with Gasteiger partial charge in [0.05, 0.1) is 0 Å². The van der Waals surface area contributed by atoms with Gasteiger partial charge in [-0.05, 0) is 31.2 Å². The fourth-order valence-corrected chi connectivity index (χ4v) is 2.57. The number of hydrogen-bond donors (Lipinski definition) is 2. The first kappa shape index (κ1) is 19.1. The molecule has 0 fully saturated rings. The zero-order chi connectivity index (χ0) is 19.6. The SMILES string of the molecule is Cc1cc(NCCNC(=O)c2ccc(Br)cc2)n2nc(C(F)(F)F)nc2n1. The van der Waals surface area contributed by atoms with Gasteiger partial charge in [-0.1, -0.05) is 15.9 Å². The highest BCUT2D eigenvalue weighted by molar-refractivity contribution is 9.10. The van der Waals surface area contributed by atoms with Crippen LogP contribution in [0.2, 0.25) is 0 Å². The summed E-state index contributed by atoms with van der Waals surface area (Å²) in [5.41, 5.74) is 0.997. The Bertz CT molecular complexity index is 971. The molecule has 142 valence electrons. The van der Waals surface area contributed by atoms with E-state index in [1.54, 1.807) is 37.3 Å². The number of aryl methyl sites for hydroxylation is 1. The van der Waals surface area contributed by atoms with Gasteiger partial charge in [0.15, 0.2) is 0 Å². The Balaban J connectivity index is 1.65. The fraction of sp³-hybridized carbons (Fsp3) is 0.250. The molecule has 1 aromatic carbocycles. The van der Waals surface area contributed by atoms with Crippen LogP contribution in [-0.2, 0) is 6.18 Å². The van der Waals surface area contributed by atoms with Gasteiger partial charge < -0.3 is 10.6 Å². The van der Waals surface area contributed by atoms with Crippen LogP contribution in [0.4, 0.5) is 19.0 Å². The molecule has 0 aliphatic rings. The number of fused-ring (bicyclic) bond motifs is 1. The molecule has 1 amide bonds. The highest BCUT2D eigenvalue weighted by Crippen LogP contribution is 2.27. The molecule has 0 aliphatic carbocycles. The number of carbonyl (C=O) groups is 1. The first-order valence-corrected chi connectivity index (χ1v) is 8.62. The average Bonchev–Trinajstić information content (AvgIpc) is 3.03. The molecule has 27 heavy (non-hydrogen) atoms. The van der Waals surface area contributed by atoms with Crippen molar-refractivity contribution < 1.29 is 18.0 Å². The Labute approximate surface area is 160 Å². The standard InChI is InChI=1S/C16H14BrF3N6O/c1-9-8-12(26-15(23-9)24-14(25-26)16(18,19)20)21-6-7-22-13(27)10-2-4-11(17)5-3-10/h2-5,8,21H,6-7H2,1H3,(H,22,27). The number of alkyl halides is 3. The second-order valence-electron chi connectivity index (χ2n) is 5.62. The monoisotopic (exact) mass is 442 g/mol. The number of anilines is 1. The molecule has 3 rings (SSSR count). The normalized spacial score (nSPS) is 11.6. The maximum Gasteiger partial charge on any atom is 0.453 e. The lowest BCUT2D eigenvalue weighted by Gasteiger charge is -2.09. The topological polar surface area (TPSA) is 84.2 Å². The number of benzene rings is 1. The second kappa shape index (κ2) is 7.51. The minimum Gasteiger partial charge on any atom is -0.368 e. The average molecular weight is 443 g/mol. The van der Waals surface area contributed by atoms with Crippen LogP contribution in [0.3, 0.4) is 0 Å². The third-order valence-corrected chi connectivity index (χ3v) is 4.05. The van der Waals surface area contributed by atoms with E-state index < -0.39 is 12.0 Å². The first-order chi connectivity index (χ1) is 12.7. The summed E-state index contributed by atoms with van der Waals surface area (Å²) in [6, 6.07) is 8.42. The van der Waals surface area contributed by atoms with Gasteiger partial charge in [0.2, 0.25) is 0 Å². The lowest BCUT2D eigenvalue weighted by Crippen LogP contribution is -2.29. The molecule has 0 radical (unpaired) electrons. The van der Waals surface area contributed by atoms with Crippen molar-refractivity contribution >= 4 is 33.4 Å². The van der Waals surface area contributed by atoms with E-state index in [-0.39, 0.29) is 24.8 Å². The molecular formula is C16H14BrF3N6O. The highest BCUT2D eigenvalue weighted by Gasteiger charge is 2.36. The molecule has 2 N–H and O–H groups in total. The quantitative estimate of drug-likeness (QED) is 0.593. The van der Waals surface area contributed by atoms with Crippen LogP contribution in [-0.4, -0.2) is 38.6 Å². The number of nitrogens with one attached hydrogen (secondary N) is 2. The van der Waals surface area contributed by atoms with E-state index in [0.717, 1.165) is 8.99 Å². The van der Waals surface area contributed by atoms with E-state index in [1.165, 1.54) is 0 Å². The van der Waals surface area contributed by atoms with E-state index in [0.29, 0.717) is 17.1 Å². The Morgan fingerprint density at radius 2 is 1.89 bits per heavy atom. The minimum absolute atomic E-state index is 0.149. The zero-order valence-corrected chi connectivity index (χ0v) is 15.6. The van der Waals surface area contributed by atoms with Crippen molar-refractivity contribution in [3.05, 3.63) is 51.9 Å². The molecule has 11 heteroatoms. The van der Waals surface area contributed by atoms with E-state index in [9.17, 15) is 18.0 Å². The number of nitrogens with zero attached hydrogens (tertiary/aromatic N) is 4. The molecule has 0 bridgehead atoms. The van der Waals surface area contributed by atoms with Crippen molar-refractivity contribution in [3.63, 3.8) is 0 Å². The van der Waals surface area contributed by atoms with Crippen LogP contribution >= 0.6 is 15.9 Å². The van der Waals surface area contributed by atoms with Crippen molar-refractivity contribution in [3.8, 4) is 0 Å². The summed E-state index contributed by atoms with van der Waals surface area (Å²) < 4.78 is 40.3. The number of halogens is 4. The summed E-state index contributed by atoms with van der Waals surface area (Å²) >= 11 is 3.29. The summed E-state index contributed by atoms with van der Waals surface area (Å²) in [6.07, 6.45) is -4.66. The third-order valence-electron chi connectivity index (χ3n) is 3.52. The minimum atomic E-state index is -4.66. The van der Waals surface area contributed by atoms with E-state index in [1.807, 2.05) is 0 Å². The molecule has 0 saturated heterocycles. The molecule has 0 aliphatic heterocycles. The van der Waals surface area contributed by atoms with Crippen LogP contribution in [0.15, 0.2) is 34.8 Å². The van der Waals surface area contributed by atoms with E-state index in [2.05, 4.69) is 41.6 Å². The summed E-state index contributed by atoms with van der Waals surface area (Å²) in [5, 5.41) is 9.12. The maximum absolute atomic E-state index is 12.8. The molecular weight excluding hydrogens is 429 g/mol. The van der Waals surface area contributed by atoms with Gasteiger partial charge in [0.25, 0.3) is 17.5 Å². The fourth-order valence-electron chi connectivity index (χ4n) is 2.30. The van der Waals surface area contributed by atoms with Crippen molar-refractivity contribution in [2.24, 2.45) is 0 Å². The molecule has 7 nitrogen and oxygen atoms in total. The van der Waals surface area contributed by atoms with Crippen molar-refractivity contribution in [1.82, 2.24) is 24.9 Å². The van der Waals surface area contributed by atoms with E-state index in [4.69, 9.17) is 0 Å². The van der Waals surface area contributed by atoms with E-state index >= 15 is 0 Å². The van der Waals surface area contributed by atoms with Gasteiger partial charge in [0.1, 0.15) is 5.82 Å². The Morgan fingerprint density at radius 3 is 2.56 bits per heavy atom. The smallest absolute Gasteiger partial charge is 0.368 e. The molecule has 3 aromatic rings. The summed E-state index contributed by atoms with van der Waals surface area (Å²) in [4.78, 5) is 19.4. The summed E-state index contributed by atoms with van der Waals surface area (Å²) in [5.74, 6) is -1.35. The molecule has 2 aromatic heterocycles. The molecule has 0 atom stereocenters. The predicted molar refractivity (Wildman–Crippen MR) is 95.5 cm³/mol. The third kappa shape index (κ3) is 4.54. The first-order valence-electron chi connectivity index (χ1n) is 7.83. The van der Waals surface area contributed by atoms with Gasteiger partial charge in [-0.25, -0.2) is 4.98 Å². The van der Waals surface area contributed by atoms with Crippen molar-refractivity contribution in [2.75, 3.05) is 18.4 Å². The number of hydrogen-bond acceptors (Lipinski definition) is 5. The lowest BCUT2D eigenvalue weighted by atomic mass is 10.2. The van der Waals surface area contributed by atoms with Gasteiger partial charge in [-0.3, -0.25) is 4.79 Å². The van der Waals surface area contributed by atoms with Crippen LogP contribution in [0.25, 0.3) is 5.78 Å². The molecule has 0 spiro atoms. The van der Waals surface area contributed by atoms with Crippen LogP contribution in [0.1, 0.15) is 21.9 Å². The molecule has 0 unspecified atom stereocenters. The van der Waals surface area contributed by atoms with Gasteiger partial charge >= 0.3 is 6.18 Å². The Morgan fingerprint density at radius 1 is 1.19 bits per heavy atom. The number of amides is 1. The Hall–Kier alpha value is -2.69. The van der Waals surface area contributed by atoms with Crippen molar-refractivity contribution in [1.29, 1.82) is 0 Å².